The number of carbonyl (C=O) groups is 2. The predicted octanol–water partition coefficient (Wildman–Crippen LogP) is 1.79. The average Bonchev–Trinajstić information content (AvgIpc) is 3.39. The number of benzene rings is 1. The first-order valence-corrected chi connectivity index (χ1v) is 11.8. The Morgan fingerprint density at radius 3 is 2.53 bits per heavy atom. The summed E-state index contributed by atoms with van der Waals surface area (Å²) in [5, 5.41) is 2.79. The molecule has 4 rings (SSSR count). The minimum atomic E-state index is -2.92. The van der Waals surface area contributed by atoms with Crippen LogP contribution in [0.3, 0.4) is 0 Å². The van der Waals surface area contributed by atoms with E-state index in [0.717, 1.165) is 5.56 Å². The first kappa shape index (κ1) is 20.6. The topological polar surface area (TPSA) is 99.9 Å². The average molecular weight is 432 g/mol. The molecule has 2 aromatic rings. The molecule has 9 heteroatoms. The van der Waals surface area contributed by atoms with Crippen molar-refractivity contribution in [2.24, 2.45) is 0 Å². The molecule has 0 aliphatic carbocycles. The quantitative estimate of drug-likeness (QED) is 0.792. The van der Waals surface area contributed by atoms with Gasteiger partial charge in [0.2, 0.25) is 0 Å². The van der Waals surface area contributed by atoms with Gasteiger partial charge in [0.05, 0.1) is 17.8 Å². The molecular weight excluding hydrogens is 406 g/mol. The maximum Gasteiger partial charge on any atom is 0.291 e. The number of hydrogen-bond donors (Lipinski definition) is 1. The number of rotatable bonds is 4. The van der Waals surface area contributed by atoms with Crippen molar-refractivity contribution in [1.82, 2.24) is 9.80 Å². The highest BCUT2D eigenvalue weighted by atomic mass is 32.2. The zero-order valence-electron chi connectivity index (χ0n) is 16.8. The van der Waals surface area contributed by atoms with E-state index in [-0.39, 0.29) is 35.1 Å². The summed E-state index contributed by atoms with van der Waals surface area (Å²) in [7, 11) is -2.92. The Kier molecular flexibility index (Phi) is 5.66. The Labute approximate surface area is 175 Å². The van der Waals surface area contributed by atoms with E-state index in [0.29, 0.717) is 43.9 Å². The largest absolute Gasteiger partial charge is 0.459 e. The SMILES string of the molecule is Cc1ccc(C(=O)N2CCN([C@@H]3CCS(=O)(=O)C3)CC2)cc1NC(=O)c1ccco1. The lowest BCUT2D eigenvalue weighted by Gasteiger charge is -2.37. The van der Waals surface area contributed by atoms with Crippen LogP contribution in [0, 0.1) is 6.92 Å². The van der Waals surface area contributed by atoms with E-state index >= 15 is 0 Å². The van der Waals surface area contributed by atoms with Crippen molar-refractivity contribution in [1.29, 1.82) is 0 Å². The predicted molar refractivity (Wildman–Crippen MR) is 112 cm³/mol. The summed E-state index contributed by atoms with van der Waals surface area (Å²) >= 11 is 0. The van der Waals surface area contributed by atoms with Crippen LogP contribution in [0.1, 0.15) is 32.9 Å². The molecule has 2 aliphatic heterocycles. The Bertz CT molecular complexity index is 1040. The molecule has 2 fully saturated rings. The molecule has 2 amide bonds. The first-order valence-electron chi connectivity index (χ1n) is 10.0. The molecule has 1 aromatic heterocycles. The standard InChI is InChI=1S/C21H25N3O5S/c1-15-4-5-16(13-18(15)22-20(25)19-3-2-11-29-19)21(26)24-9-7-23(8-10-24)17-6-12-30(27,28)14-17/h2-5,11,13,17H,6-10,12,14H2,1H3,(H,22,25)/t17-/m1/s1. The number of amides is 2. The minimum Gasteiger partial charge on any atom is -0.459 e. The van der Waals surface area contributed by atoms with Gasteiger partial charge >= 0.3 is 0 Å². The van der Waals surface area contributed by atoms with Gasteiger partial charge in [-0.05, 0) is 43.2 Å². The fourth-order valence-corrected chi connectivity index (χ4v) is 5.78. The molecular formula is C21H25N3O5S. The van der Waals surface area contributed by atoms with Crippen LogP contribution in [0.25, 0.3) is 0 Å². The molecule has 2 saturated heterocycles. The highest BCUT2D eigenvalue weighted by Gasteiger charge is 2.34. The first-order chi connectivity index (χ1) is 14.3. The Balaban J connectivity index is 1.40. The molecule has 3 heterocycles. The second-order valence-electron chi connectivity index (χ2n) is 7.85. The molecule has 160 valence electrons. The zero-order chi connectivity index (χ0) is 21.3. The van der Waals surface area contributed by atoms with Crippen molar-refractivity contribution in [3.63, 3.8) is 0 Å². The van der Waals surface area contributed by atoms with Crippen LogP contribution in [-0.4, -0.2) is 73.8 Å². The number of piperazine rings is 1. The second kappa shape index (κ2) is 8.23. The summed E-state index contributed by atoms with van der Waals surface area (Å²) in [4.78, 5) is 29.2. The highest BCUT2D eigenvalue weighted by Crippen LogP contribution is 2.22. The number of hydrogen-bond acceptors (Lipinski definition) is 6. The van der Waals surface area contributed by atoms with E-state index in [1.54, 1.807) is 29.2 Å². The van der Waals surface area contributed by atoms with Crippen molar-refractivity contribution in [2.45, 2.75) is 19.4 Å². The molecule has 0 spiro atoms. The van der Waals surface area contributed by atoms with E-state index in [4.69, 9.17) is 4.42 Å². The van der Waals surface area contributed by atoms with Gasteiger partial charge in [0.15, 0.2) is 15.6 Å². The molecule has 30 heavy (non-hydrogen) atoms. The van der Waals surface area contributed by atoms with Crippen LogP contribution in [0.15, 0.2) is 41.0 Å². The maximum absolute atomic E-state index is 13.0. The molecule has 0 radical (unpaired) electrons. The van der Waals surface area contributed by atoms with Crippen LogP contribution in [0.4, 0.5) is 5.69 Å². The van der Waals surface area contributed by atoms with E-state index < -0.39 is 9.84 Å². The lowest BCUT2D eigenvalue weighted by atomic mass is 10.1. The smallest absolute Gasteiger partial charge is 0.291 e. The van der Waals surface area contributed by atoms with E-state index in [9.17, 15) is 18.0 Å². The number of aryl methyl sites for hydroxylation is 1. The van der Waals surface area contributed by atoms with Gasteiger partial charge in [-0.2, -0.15) is 0 Å². The fraction of sp³-hybridized carbons (Fsp3) is 0.429. The van der Waals surface area contributed by atoms with Gasteiger partial charge in [0.25, 0.3) is 11.8 Å². The molecule has 2 aliphatic rings. The molecule has 0 bridgehead atoms. The van der Waals surface area contributed by atoms with Crippen LogP contribution in [0.5, 0.6) is 0 Å². The Morgan fingerprint density at radius 2 is 1.90 bits per heavy atom. The number of furan rings is 1. The fourth-order valence-electron chi connectivity index (χ4n) is 4.02. The Hall–Kier alpha value is -2.65. The van der Waals surface area contributed by atoms with Crippen LogP contribution in [0.2, 0.25) is 0 Å². The summed E-state index contributed by atoms with van der Waals surface area (Å²) in [6.45, 7) is 4.30. The summed E-state index contributed by atoms with van der Waals surface area (Å²) in [6, 6.07) is 8.54. The summed E-state index contributed by atoms with van der Waals surface area (Å²) < 4.78 is 28.6. The van der Waals surface area contributed by atoms with Crippen molar-refractivity contribution in [3.05, 3.63) is 53.5 Å². The zero-order valence-corrected chi connectivity index (χ0v) is 17.7. The Morgan fingerprint density at radius 1 is 1.13 bits per heavy atom. The second-order valence-corrected chi connectivity index (χ2v) is 10.1. The lowest BCUT2D eigenvalue weighted by Crippen LogP contribution is -2.52. The summed E-state index contributed by atoms with van der Waals surface area (Å²) in [6.07, 6.45) is 2.11. The molecule has 8 nitrogen and oxygen atoms in total. The van der Waals surface area contributed by atoms with Crippen LogP contribution >= 0.6 is 0 Å². The number of nitrogens with zero attached hydrogens (tertiary/aromatic N) is 2. The maximum atomic E-state index is 13.0. The van der Waals surface area contributed by atoms with Gasteiger partial charge in [-0.25, -0.2) is 8.42 Å². The molecule has 0 saturated carbocycles. The van der Waals surface area contributed by atoms with Crippen molar-refractivity contribution < 1.29 is 22.4 Å². The van der Waals surface area contributed by atoms with Crippen molar-refractivity contribution >= 4 is 27.3 Å². The van der Waals surface area contributed by atoms with Crippen LogP contribution < -0.4 is 5.32 Å². The molecule has 0 unspecified atom stereocenters. The monoisotopic (exact) mass is 431 g/mol. The normalized spacial score (nSPS) is 21.5. The third-order valence-corrected chi connectivity index (χ3v) is 7.55. The van der Waals surface area contributed by atoms with E-state index in [2.05, 4.69) is 10.2 Å². The number of carbonyl (C=O) groups excluding carboxylic acids is 2. The highest BCUT2D eigenvalue weighted by molar-refractivity contribution is 7.91. The molecule has 1 N–H and O–H groups in total. The number of sulfone groups is 1. The summed E-state index contributed by atoms with van der Waals surface area (Å²) in [5.41, 5.74) is 1.92. The third kappa shape index (κ3) is 4.41. The van der Waals surface area contributed by atoms with Gasteiger partial charge in [-0.15, -0.1) is 0 Å². The van der Waals surface area contributed by atoms with Gasteiger partial charge in [-0.3, -0.25) is 14.5 Å². The van der Waals surface area contributed by atoms with Gasteiger partial charge < -0.3 is 14.6 Å². The van der Waals surface area contributed by atoms with E-state index in [1.807, 2.05) is 13.0 Å². The minimum absolute atomic E-state index is 0.0649. The van der Waals surface area contributed by atoms with Gasteiger partial charge in [0, 0.05) is 43.5 Å². The van der Waals surface area contributed by atoms with Crippen LogP contribution in [-0.2, 0) is 9.84 Å². The number of anilines is 1. The van der Waals surface area contributed by atoms with Gasteiger partial charge in [-0.1, -0.05) is 6.07 Å². The molecule has 1 aromatic carbocycles. The van der Waals surface area contributed by atoms with Gasteiger partial charge in [0.1, 0.15) is 0 Å². The summed E-state index contributed by atoms with van der Waals surface area (Å²) in [5.74, 6) is 0.218. The van der Waals surface area contributed by atoms with Crippen molar-refractivity contribution in [2.75, 3.05) is 43.0 Å². The van der Waals surface area contributed by atoms with E-state index in [1.165, 1.54) is 6.26 Å². The molecule has 1 atom stereocenters. The van der Waals surface area contributed by atoms with Crippen molar-refractivity contribution in [3.8, 4) is 0 Å². The lowest BCUT2D eigenvalue weighted by molar-refractivity contribution is 0.0587. The third-order valence-electron chi connectivity index (χ3n) is 5.80. The number of nitrogens with one attached hydrogen (secondary N) is 1.